The summed E-state index contributed by atoms with van der Waals surface area (Å²) in [6.07, 6.45) is 4.78. The van der Waals surface area contributed by atoms with Gasteiger partial charge in [0.25, 0.3) is 0 Å². The molecule has 1 aromatic carbocycles. The van der Waals surface area contributed by atoms with Crippen molar-refractivity contribution in [2.75, 3.05) is 37.9 Å². The third-order valence-corrected chi connectivity index (χ3v) is 6.29. The summed E-state index contributed by atoms with van der Waals surface area (Å²) in [6.45, 7) is 5.32. The Morgan fingerprint density at radius 3 is 2.97 bits per heavy atom. The Kier molecular flexibility index (Phi) is 5.29. The Balaban J connectivity index is 1.24. The maximum absolute atomic E-state index is 14.1. The van der Waals surface area contributed by atoms with Crippen LogP contribution in [0.5, 0.6) is 11.5 Å². The van der Waals surface area contributed by atoms with Gasteiger partial charge in [0.05, 0.1) is 6.54 Å². The van der Waals surface area contributed by atoms with Crippen molar-refractivity contribution in [2.24, 2.45) is 4.99 Å². The summed E-state index contributed by atoms with van der Waals surface area (Å²) in [6, 6.07) is 9.50. The van der Waals surface area contributed by atoms with E-state index in [0.717, 1.165) is 49.8 Å². The molecule has 2 aliphatic heterocycles. The zero-order valence-electron chi connectivity index (χ0n) is 17.7. The van der Waals surface area contributed by atoms with Crippen molar-refractivity contribution in [3.05, 3.63) is 47.9 Å². The summed E-state index contributed by atoms with van der Waals surface area (Å²) in [5, 5.41) is 6.89. The van der Waals surface area contributed by atoms with E-state index >= 15 is 0 Å². The van der Waals surface area contributed by atoms with Gasteiger partial charge in [-0.2, -0.15) is 0 Å². The standard InChI is InChI=1S/C23H28FN5O2/c1-2-25-22(28-17-7-11-29(13-17)21-18(24)4-3-10-26-21)27-14-23(8-9-23)16-5-6-19-20(12-16)31-15-30-19/h3-6,10,12,17H,2,7-9,11,13-15H2,1H3,(H2,25,27,28). The number of pyridine rings is 1. The van der Waals surface area contributed by atoms with Crippen molar-refractivity contribution in [3.63, 3.8) is 0 Å². The molecule has 0 radical (unpaired) electrons. The Labute approximate surface area is 181 Å². The normalized spacial score (nSPS) is 21.3. The summed E-state index contributed by atoms with van der Waals surface area (Å²) in [4.78, 5) is 11.1. The summed E-state index contributed by atoms with van der Waals surface area (Å²) in [5.41, 5.74) is 1.33. The number of nitrogens with one attached hydrogen (secondary N) is 2. The molecular weight excluding hydrogens is 397 g/mol. The molecule has 2 fully saturated rings. The van der Waals surface area contributed by atoms with Gasteiger partial charge in [-0.15, -0.1) is 0 Å². The summed E-state index contributed by atoms with van der Waals surface area (Å²) in [7, 11) is 0. The average Bonchev–Trinajstić information content (AvgIpc) is 3.18. The fourth-order valence-electron chi connectivity index (χ4n) is 4.34. The molecule has 3 heterocycles. The zero-order valence-corrected chi connectivity index (χ0v) is 17.7. The number of nitrogens with zero attached hydrogens (tertiary/aromatic N) is 3. The summed E-state index contributed by atoms with van der Waals surface area (Å²) < 4.78 is 25.1. The monoisotopic (exact) mass is 425 g/mol. The van der Waals surface area contributed by atoms with E-state index in [1.807, 2.05) is 11.0 Å². The molecule has 2 aromatic rings. The van der Waals surface area contributed by atoms with Crippen molar-refractivity contribution in [1.29, 1.82) is 0 Å². The first-order valence-corrected chi connectivity index (χ1v) is 11.0. The van der Waals surface area contributed by atoms with Crippen LogP contribution < -0.4 is 25.0 Å². The number of anilines is 1. The molecule has 1 atom stereocenters. The van der Waals surface area contributed by atoms with E-state index in [2.05, 4.69) is 34.7 Å². The van der Waals surface area contributed by atoms with Crippen LogP contribution in [-0.2, 0) is 5.41 Å². The molecule has 8 heteroatoms. The number of hydrogen-bond acceptors (Lipinski definition) is 5. The van der Waals surface area contributed by atoms with Gasteiger partial charge >= 0.3 is 0 Å². The van der Waals surface area contributed by atoms with Crippen LogP contribution >= 0.6 is 0 Å². The molecule has 2 N–H and O–H groups in total. The maximum atomic E-state index is 14.1. The Bertz CT molecular complexity index is 978. The third kappa shape index (κ3) is 4.11. The van der Waals surface area contributed by atoms with Gasteiger partial charge in [0.15, 0.2) is 29.1 Å². The van der Waals surface area contributed by atoms with E-state index in [-0.39, 0.29) is 17.3 Å². The largest absolute Gasteiger partial charge is 0.454 e. The van der Waals surface area contributed by atoms with Gasteiger partial charge < -0.3 is 25.0 Å². The van der Waals surface area contributed by atoms with E-state index < -0.39 is 0 Å². The van der Waals surface area contributed by atoms with Gasteiger partial charge in [0, 0.05) is 37.3 Å². The number of fused-ring (bicyclic) bond motifs is 1. The highest BCUT2D eigenvalue weighted by molar-refractivity contribution is 5.80. The topological polar surface area (TPSA) is 71.0 Å². The second-order valence-electron chi connectivity index (χ2n) is 8.43. The average molecular weight is 426 g/mol. The van der Waals surface area contributed by atoms with Crippen molar-refractivity contribution in [1.82, 2.24) is 15.6 Å². The molecule has 5 rings (SSSR count). The highest BCUT2D eigenvalue weighted by Gasteiger charge is 2.45. The van der Waals surface area contributed by atoms with Crippen LogP contribution in [0.15, 0.2) is 41.5 Å². The zero-order chi connectivity index (χ0) is 21.3. The third-order valence-electron chi connectivity index (χ3n) is 6.29. The van der Waals surface area contributed by atoms with E-state index in [9.17, 15) is 4.39 Å². The van der Waals surface area contributed by atoms with Crippen LogP contribution in [-0.4, -0.2) is 50.0 Å². The number of aromatic nitrogens is 1. The van der Waals surface area contributed by atoms with Crippen LogP contribution in [0.3, 0.4) is 0 Å². The van der Waals surface area contributed by atoms with Crippen LogP contribution in [0.1, 0.15) is 31.7 Å². The van der Waals surface area contributed by atoms with Gasteiger partial charge in [-0.05, 0) is 56.0 Å². The predicted molar refractivity (Wildman–Crippen MR) is 117 cm³/mol. The lowest BCUT2D eigenvalue weighted by Crippen LogP contribution is -2.45. The lowest BCUT2D eigenvalue weighted by molar-refractivity contribution is 0.174. The molecule has 3 aliphatic rings. The fraction of sp³-hybridized carbons (Fsp3) is 0.478. The highest BCUT2D eigenvalue weighted by Crippen LogP contribution is 2.50. The number of hydrogen-bond donors (Lipinski definition) is 2. The molecule has 1 aliphatic carbocycles. The second kappa shape index (κ2) is 8.24. The van der Waals surface area contributed by atoms with Gasteiger partial charge in [0.1, 0.15) is 0 Å². The fourth-order valence-corrected chi connectivity index (χ4v) is 4.34. The van der Waals surface area contributed by atoms with Crippen molar-refractivity contribution < 1.29 is 13.9 Å². The molecule has 7 nitrogen and oxygen atoms in total. The number of ether oxygens (including phenoxy) is 2. The molecule has 164 valence electrons. The number of rotatable bonds is 6. The first-order chi connectivity index (χ1) is 15.2. The predicted octanol–water partition coefficient (Wildman–Crippen LogP) is 2.82. The molecule has 31 heavy (non-hydrogen) atoms. The minimum Gasteiger partial charge on any atom is -0.454 e. The maximum Gasteiger partial charge on any atom is 0.231 e. The number of guanidine groups is 1. The minimum atomic E-state index is -0.275. The molecular formula is C23H28FN5O2. The lowest BCUT2D eigenvalue weighted by Gasteiger charge is -2.21. The number of halogens is 1. The first-order valence-electron chi connectivity index (χ1n) is 11.0. The van der Waals surface area contributed by atoms with Crippen molar-refractivity contribution >= 4 is 11.8 Å². The van der Waals surface area contributed by atoms with Gasteiger partial charge in [-0.25, -0.2) is 9.37 Å². The second-order valence-corrected chi connectivity index (χ2v) is 8.43. The minimum absolute atomic E-state index is 0.0716. The molecule has 1 saturated carbocycles. The lowest BCUT2D eigenvalue weighted by atomic mass is 9.96. The highest BCUT2D eigenvalue weighted by atomic mass is 19.1. The molecule has 0 spiro atoms. The molecule has 0 bridgehead atoms. The Hall–Kier alpha value is -3.03. The molecule has 0 amide bonds. The molecule has 1 saturated heterocycles. The number of aliphatic imine (C=N–C) groups is 1. The molecule has 1 unspecified atom stereocenters. The van der Waals surface area contributed by atoms with Gasteiger partial charge in [0.2, 0.25) is 6.79 Å². The van der Waals surface area contributed by atoms with Gasteiger partial charge in [-0.3, -0.25) is 4.99 Å². The van der Waals surface area contributed by atoms with Crippen LogP contribution in [0.25, 0.3) is 0 Å². The van der Waals surface area contributed by atoms with E-state index in [1.54, 1.807) is 12.3 Å². The SMILES string of the molecule is CCNC(=NCC1(c2ccc3c(c2)OCO3)CC1)NC1CCN(c2ncccc2F)C1. The Morgan fingerprint density at radius 1 is 1.29 bits per heavy atom. The van der Waals surface area contributed by atoms with Crippen molar-refractivity contribution in [2.45, 2.75) is 37.6 Å². The summed E-state index contributed by atoms with van der Waals surface area (Å²) >= 11 is 0. The first kappa shape index (κ1) is 19.9. The van der Waals surface area contributed by atoms with Crippen LogP contribution in [0.4, 0.5) is 10.2 Å². The Morgan fingerprint density at radius 2 is 2.16 bits per heavy atom. The quantitative estimate of drug-likeness (QED) is 0.548. The molecule has 1 aromatic heterocycles. The van der Waals surface area contributed by atoms with Crippen LogP contribution in [0, 0.1) is 5.82 Å². The van der Waals surface area contributed by atoms with Crippen LogP contribution in [0.2, 0.25) is 0 Å². The summed E-state index contributed by atoms with van der Waals surface area (Å²) in [5.74, 6) is 2.60. The smallest absolute Gasteiger partial charge is 0.231 e. The van der Waals surface area contributed by atoms with Gasteiger partial charge in [-0.1, -0.05) is 6.07 Å². The van der Waals surface area contributed by atoms with Crippen molar-refractivity contribution in [3.8, 4) is 11.5 Å². The van der Waals surface area contributed by atoms with E-state index in [1.165, 1.54) is 11.6 Å². The van der Waals surface area contributed by atoms with E-state index in [0.29, 0.717) is 25.7 Å². The van der Waals surface area contributed by atoms with E-state index in [4.69, 9.17) is 14.5 Å². The number of benzene rings is 1.